The molecule has 2 amide bonds. The summed E-state index contributed by atoms with van der Waals surface area (Å²) in [5, 5.41) is 36.0. The number of rotatable bonds is 6. The SMILES string of the molecule is NC(=O)C#CC(=O)N(C(CO)CO)C(CO)CO. The molecule has 102 valence electrons. The molecule has 0 saturated carbocycles. The lowest BCUT2D eigenvalue weighted by atomic mass is 10.2. The van der Waals surface area contributed by atoms with Crippen molar-refractivity contribution >= 4 is 11.8 Å². The molecule has 0 fully saturated rings. The van der Waals surface area contributed by atoms with Crippen LogP contribution in [0, 0.1) is 11.8 Å². The normalized spacial score (nSPS) is 10.1. The van der Waals surface area contributed by atoms with Crippen LogP contribution in [-0.2, 0) is 9.59 Å². The van der Waals surface area contributed by atoms with Gasteiger partial charge in [-0.15, -0.1) is 0 Å². The third-order valence-electron chi connectivity index (χ3n) is 2.16. The smallest absolute Gasteiger partial charge is 0.299 e. The molecule has 0 aromatic rings. The minimum atomic E-state index is -1.04. The number of nitrogens with two attached hydrogens (primary N) is 1. The molecule has 18 heavy (non-hydrogen) atoms. The van der Waals surface area contributed by atoms with Gasteiger partial charge in [0, 0.05) is 11.8 Å². The zero-order valence-corrected chi connectivity index (χ0v) is 9.61. The van der Waals surface area contributed by atoms with Gasteiger partial charge in [-0.25, -0.2) is 0 Å². The largest absolute Gasteiger partial charge is 0.394 e. The van der Waals surface area contributed by atoms with Crippen molar-refractivity contribution in [3.63, 3.8) is 0 Å². The van der Waals surface area contributed by atoms with Gasteiger partial charge < -0.3 is 31.1 Å². The number of hydrogen-bond donors (Lipinski definition) is 5. The minimum Gasteiger partial charge on any atom is -0.394 e. The number of aliphatic hydroxyl groups is 4. The van der Waals surface area contributed by atoms with E-state index in [1.54, 1.807) is 5.92 Å². The van der Waals surface area contributed by atoms with Crippen LogP contribution >= 0.6 is 0 Å². The fourth-order valence-corrected chi connectivity index (χ4v) is 1.28. The molecule has 0 atom stereocenters. The second kappa shape index (κ2) is 8.43. The van der Waals surface area contributed by atoms with E-state index < -0.39 is 50.3 Å². The van der Waals surface area contributed by atoms with Crippen molar-refractivity contribution in [2.75, 3.05) is 26.4 Å². The first-order valence-electron chi connectivity index (χ1n) is 5.08. The molecule has 8 nitrogen and oxygen atoms in total. The van der Waals surface area contributed by atoms with Crippen molar-refractivity contribution in [1.29, 1.82) is 0 Å². The molecule has 0 bridgehead atoms. The maximum atomic E-state index is 11.7. The molecule has 0 aromatic heterocycles. The Hall–Kier alpha value is -1.66. The molecular formula is C10H16N2O6. The summed E-state index contributed by atoms with van der Waals surface area (Å²) in [7, 11) is 0. The highest BCUT2D eigenvalue weighted by Gasteiger charge is 2.28. The molecule has 0 aliphatic carbocycles. The molecule has 0 spiro atoms. The van der Waals surface area contributed by atoms with E-state index >= 15 is 0 Å². The number of carbonyl (C=O) groups excluding carboxylic acids is 2. The number of aliphatic hydroxyl groups excluding tert-OH is 4. The Labute approximate surface area is 104 Å². The first-order chi connectivity index (χ1) is 8.51. The van der Waals surface area contributed by atoms with Crippen LogP contribution in [0.4, 0.5) is 0 Å². The molecule has 0 rings (SSSR count). The standard InChI is InChI=1S/C10H16N2O6/c11-9(17)1-2-10(18)12(7(3-13)4-14)8(5-15)6-16/h7-8,13-16H,3-6H2,(H2,11,17). The molecule has 0 aliphatic heterocycles. The van der Waals surface area contributed by atoms with Crippen LogP contribution in [0.2, 0.25) is 0 Å². The third-order valence-corrected chi connectivity index (χ3v) is 2.16. The lowest BCUT2D eigenvalue weighted by Gasteiger charge is -2.33. The van der Waals surface area contributed by atoms with E-state index in [0.29, 0.717) is 0 Å². The van der Waals surface area contributed by atoms with Gasteiger partial charge in [0.15, 0.2) is 0 Å². The zero-order valence-electron chi connectivity index (χ0n) is 9.61. The van der Waals surface area contributed by atoms with E-state index in [9.17, 15) is 9.59 Å². The third kappa shape index (κ3) is 4.68. The van der Waals surface area contributed by atoms with Crippen LogP contribution in [0.3, 0.4) is 0 Å². The molecule has 0 aromatic carbocycles. The van der Waals surface area contributed by atoms with Crippen LogP contribution in [0.5, 0.6) is 0 Å². The summed E-state index contributed by atoms with van der Waals surface area (Å²) in [4.78, 5) is 22.9. The van der Waals surface area contributed by atoms with Crippen molar-refractivity contribution in [2.45, 2.75) is 12.1 Å². The zero-order chi connectivity index (χ0) is 14.1. The van der Waals surface area contributed by atoms with Gasteiger partial charge in [0.1, 0.15) is 0 Å². The van der Waals surface area contributed by atoms with E-state index in [0.717, 1.165) is 4.90 Å². The Kier molecular flexibility index (Phi) is 7.66. The fraction of sp³-hybridized carbons (Fsp3) is 0.600. The van der Waals surface area contributed by atoms with Crippen LogP contribution in [-0.4, -0.2) is 75.7 Å². The lowest BCUT2D eigenvalue weighted by Crippen LogP contribution is -2.53. The molecule has 0 saturated heterocycles. The van der Waals surface area contributed by atoms with Gasteiger partial charge in [0.2, 0.25) is 0 Å². The average Bonchev–Trinajstić information content (AvgIpc) is 2.36. The summed E-state index contributed by atoms with van der Waals surface area (Å²) in [6.45, 7) is -2.35. The first kappa shape index (κ1) is 16.3. The van der Waals surface area contributed by atoms with Gasteiger partial charge >= 0.3 is 0 Å². The molecular weight excluding hydrogens is 244 g/mol. The van der Waals surface area contributed by atoms with E-state index in [1.165, 1.54) is 0 Å². The number of carbonyl (C=O) groups is 2. The second-order valence-corrected chi connectivity index (χ2v) is 3.36. The van der Waals surface area contributed by atoms with E-state index in [-0.39, 0.29) is 0 Å². The molecule has 6 N–H and O–H groups in total. The first-order valence-corrected chi connectivity index (χ1v) is 5.08. The van der Waals surface area contributed by atoms with Gasteiger partial charge in [-0.1, -0.05) is 0 Å². The summed E-state index contributed by atoms with van der Waals surface area (Å²) < 4.78 is 0. The Balaban J connectivity index is 5.15. The lowest BCUT2D eigenvalue weighted by molar-refractivity contribution is -0.135. The Bertz CT molecular complexity index is 328. The average molecular weight is 260 g/mol. The van der Waals surface area contributed by atoms with E-state index in [2.05, 4.69) is 0 Å². The quantitative estimate of drug-likeness (QED) is 0.308. The highest BCUT2D eigenvalue weighted by atomic mass is 16.3. The van der Waals surface area contributed by atoms with Gasteiger partial charge in [0.05, 0.1) is 38.5 Å². The van der Waals surface area contributed by atoms with Crippen molar-refractivity contribution in [1.82, 2.24) is 4.90 Å². The van der Waals surface area contributed by atoms with Gasteiger partial charge in [0.25, 0.3) is 11.8 Å². The van der Waals surface area contributed by atoms with Crippen molar-refractivity contribution in [2.24, 2.45) is 5.73 Å². The molecule has 0 radical (unpaired) electrons. The van der Waals surface area contributed by atoms with Crippen LogP contribution in [0.15, 0.2) is 0 Å². The highest BCUT2D eigenvalue weighted by Crippen LogP contribution is 2.06. The molecule has 8 heteroatoms. The highest BCUT2D eigenvalue weighted by molar-refractivity contribution is 6.02. The van der Waals surface area contributed by atoms with E-state index in [1.807, 2.05) is 5.92 Å². The summed E-state index contributed by atoms with van der Waals surface area (Å²) in [5.41, 5.74) is 4.74. The van der Waals surface area contributed by atoms with Crippen LogP contribution in [0.1, 0.15) is 0 Å². The number of nitrogens with zero attached hydrogens (tertiary/aromatic N) is 1. The topological polar surface area (TPSA) is 144 Å². The van der Waals surface area contributed by atoms with Crippen LogP contribution < -0.4 is 5.73 Å². The van der Waals surface area contributed by atoms with Crippen molar-refractivity contribution < 1.29 is 30.0 Å². The number of primary amides is 1. The van der Waals surface area contributed by atoms with Gasteiger partial charge in [-0.3, -0.25) is 9.59 Å². The van der Waals surface area contributed by atoms with Crippen molar-refractivity contribution in [3.05, 3.63) is 0 Å². The van der Waals surface area contributed by atoms with Gasteiger partial charge in [-0.05, 0) is 0 Å². The predicted molar refractivity (Wildman–Crippen MR) is 59.7 cm³/mol. The monoisotopic (exact) mass is 260 g/mol. The fourth-order valence-electron chi connectivity index (χ4n) is 1.28. The van der Waals surface area contributed by atoms with Gasteiger partial charge in [-0.2, -0.15) is 0 Å². The number of hydrogen-bond acceptors (Lipinski definition) is 6. The Morgan fingerprint density at radius 3 is 1.61 bits per heavy atom. The van der Waals surface area contributed by atoms with E-state index in [4.69, 9.17) is 26.2 Å². The Morgan fingerprint density at radius 1 is 0.944 bits per heavy atom. The maximum absolute atomic E-state index is 11.7. The Morgan fingerprint density at radius 2 is 1.33 bits per heavy atom. The molecule has 0 aliphatic rings. The predicted octanol–water partition coefficient (Wildman–Crippen LogP) is -3.99. The number of amides is 2. The molecule has 0 heterocycles. The minimum absolute atomic E-state index is 0.586. The summed E-state index contributed by atoms with van der Waals surface area (Å²) >= 11 is 0. The van der Waals surface area contributed by atoms with Crippen molar-refractivity contribution in [3.8, 4) is 11.8 Å². The van der Waals surface area contributed by atoms with Crippen LogP contribution in [0.25, 0.3) is 0 Å². The summed E-state index contributed by atoms with van der Waals surface area (Å²) in [6.07, 6.45) is 0. The molecule has 0 unspecified atom stereocenters. The second-order valence-electron chi connectivity index (χ2n) is 3.36. The summed E-state index contributed by atoms with van der Waals surface area (Å²) in [5.74, 6) is 1.75. The maximum Gasteiger partial charge on any atom is 0.299 e. The summed E-state index contributed by atoms with van der Waals surface area (Å²) in [6, 6.07) is -2.08.